The van der Waals surface area contributed by atoms with Gasteiger partial charge in [0, 0.05) is 13.0 Å². The van der Waals surface area contributed by atoms with Gasteiger partial charge in [-0.25, -0.2) is 0 Å². The van der Waals surface area contributed by atoms with Crippen molar-refractivity contribution in [3.05, 3.63) is 29.8 Å². The first-order chi connectivity index (χ1) is 10.7. The summed E-state index contributed by atoms with van der Waals surface area (Å²) in [5.41, 5.74) is 1.34. The number of unbranched alkanes of at least 4 members (excludes halogenated alkanes) is 3. The minimum absolute atomic E-state index is 0.143. The van der Waals surface area contributed by atoms with Crippen molar-refractivity contribution in [3.63, 3.8) is 0 Å². The highest BCUT2D eigenvalue weighted by atomic mass is 16.3. The van der Waals surface area contributed by atoms with Crippen LogP contribution in [0.4, 0.5) is 0 Å². The van der Waals surface area contributed by atoms with Crippen LogP contribution in [-0.4, -0.2) is 17.6 Å². The van der Waals surface area contributed by atoms with E-state index in [0.29, 0.717) is 18.1 Å². The number of aromatic hydroxyl groups is 1. The van der Waals surface area contributed by atoms with Gasteiger partial charge in [0.2, 0.25) is 5.91 Å². The van der Waals surface area contributed by atoms with E-state index in [0.717, 1.165) is 19.4 Å². The van der Waals surface area contributed by atoms with E-state index in [-0.39, 0.29) is 5.91 Å². The van der Waals surface area contributed by atoms with E-state index in [1.807, 2.05) is 6.92 Å². The summed E-state index contributed by atoms with van der Waals surface area (Å²) < 4.78 is 0. The largest absolute Gasteiger partial charge is 0.508 e. The number of hydrogen-bond acceptors (Lipinski definition) is 2. The molecule has 1 atom stereocenters. The van der Waals surface area contributed by atoms with Crippen molar-refractivity contribution in [2.75, 3.05) is 6.54 Å². The molecule has 0 saturated heterocycles. The van der Waals surface area contributed by atoms with Crippen LogP contribution in [0.5, 0.6) is 5.75 Å². The number of benzene rings is 1. The van der Waals surface area contributed by atoms with E-state index in [1.165, 1.54) is 37.7 Å². The van der Waals surface area contributed by atoms with Crippen LogP contribution in [0.25, 0.3) is 0 Å². The standard InChI is InChI=1S/C19H31NO2/c1-3-5-9-16(17-11-13-18(21)14-12-17)10-7-6-8-15-20-19(22)4-2/h11-14,16,21H,3-10,15H2,1-2H3,(H,20,22). The summed E-state index contributed by atoms with van der Waals surface area (Å²) in [5.74, 6) is 1.07. The second kappa shape index (κ2) is 11.1. The van der Waals surface area contributed by atoms with E-state index in [9.17, 15) is 9.90 Å². The summed E-state index contributed by atoms with van der Waals surface area (Å²) in [4.78, 5) is 11.2. The third-order valence-corrected chi connectivity index (χ3v) is 4.14. The van der Waals surface area contributed by atoms with Crippen LogP contribution in [-0.2, 0) is 4.79 Å². The average molecular weight is 305 g/mol. The average Bonchev–Trinajstić information content (AvgIpc) is 2.54. The van der Waals surface area contributed by atoms with E-state index in [1.54, 1.807) is 12.1 Å². The number of rotatable bonds is 11. The molecule has 1 aromatic carbocycles. The Hall–Kier alpha value is -1.51. The summed E-state index contributed by atoms with van der Waals surface area (Å²) in [5, 5.41) is 12.3. The lowest BCUT2D eigenvalue weighted by molar-refractivity contribution is -0.120. The van der Waals surface area contributed by atoms with Crippen molar-refractivity contribution >= 4 is 5.91 Å². The molecule has 124 valence electrons. The maximum atomic E-state index is 11.2. The van der Waals surface area contributed by atoms with Crippen LogP contribution in [0.2, 0.25) is 0 Å². The molecule has 1 aromatic rings. The van der Waals surface area contributed by atoms with Crippen LogP contribution in [0.3, 0.4) is 0 Å². The van der Waals surface area contributed by atoms with Gasteiger partial charge in [-0.3, -0.25) is 4.79 Å². The highest BCUT2D eigenvalue weighted by Gasteiger charge is 2.11. The summed E-state index contributed by atoms with van der Waals surface area (Å²) in [6, 6.07) is 7.68. The Labute approximate surface area is 135 Å². The first kappa shape index (κ1) is 18.5. The summed E-state index contributed by atoms with van der Waals surface area (Å²) in [7, 11) is 0. The van der Waals surface area contributed by atoms with Crippen LogP contribution < -0.4 is 5.32 Å². The quantitative estimate of drug-likeness (QED) is 0.579. The highest BCUT2D eigenvalue weighted by molar-refractivity contribution is 5.75. The van der Waals surface area contributed by atoms with E-state index < -0.39 is 0 Å². The zero-order valence-electron chi connectivity index (χ0n) is 14.1. The van der Waals surface area contributed by atoms with Crippen molar-refractivity contribution in [3.8, 4) is 5.75 Å². The van der Waals surface area contributed by atoms with Crippen molar-refractivity contribution in [1.82, 2.24) is 5.32 Å². The van der Waals surface area contributed by atoms with Gasteiger partial charge in [0.15, 0.2) is 0 Å². The molecule has 2 N–H and O–H groups in total. The number of phenolic OH excluding ortho intramolecular Hbond substituents is 1. The molecule has 0 aliphatic heterocycles. The summed E-state index contributed by atoms with van der Waals surface area (Å²) in [6.45, 7) is 4.90. The molecular formula is C19H31NO2. The zero-order valence-corrected chi connectivity index (χ0v) is 14.1. The van der Waals surface area contributed by atoms with Gasteiger partial charge in [0.25, 0.3) is 0 Å². The zero-order chi connectivity index (χ0) is 16.2. The topological polar surface area (TPSA) is 49.3 Å². The molecule has 3 heteroatoms. The van der Waals surface area contributed by atoms with Crippen LogP contribution in [0, 0.1) is 0 Å². The Morgan fingerprint density at radius 3 is 2.36 bits per heavy atom. The van der Waals surface area contributed by atoms with Crippen molar-refractivity contribution in [1.29, 1.82) is 0 Å². The SMILES string of the molecule is CCCCC(CCCCCNC(=O)CC)c1ccc(O)cc1. The molecule has 0 aromatic heterocycles. The lowest BCUT2D eigenvalue weighted by Gasteiger charge is -2.17. The Morgan fingerprint density at radius 2 is 1.73 bits per heavy atom. The van der Waals surface area contributed by atoms with Gasteiger partial charge in [-0.2, -0.15) is 0 Å². The lowest BCUT2D eigenvalue weighted by Crippen LogP contribution is -2.23. The molecule has 0 spiro atoms. The Bertz CT molecular complexity index is 414. The number of nitrogens with one attached hydrogen (secondary N) is 1. The number of amides is 1. The maximum absolute atomic E-state index is 11.2. The fraction of sp³-hybridized carbons (Fsp3) is 0.632. The molecule has 0 heterocycles. The molecule has 22 heavy (non-hydrogen) atoms. The lowest BCUT2D eigenvalue weighted by atomic mass is 9.89. The summed E-state index contributed by atoms with van der Waals surface area (Å²) in [6.07, 6.45) is 8.85. The van der Waals surface area contributed by atoms with Crippen LogP contribution in [0.15, 0.2) is 24.3 Å². The van der Waals surface area contributed by atoms with Gasteiger partial charge in [-0.05, 0) is 42.9 Å². The third kappa shape index (κ3) is 7.48. The molecule has 0 saturated carbocycles. The fourth-order valence-corrected chi connectivity index (χ4v) is 2.72. The maximum Gasteiger partial charge on any atom is 0.219 e. The number of phenols is 1. The molecule has 0 fully saturated rings. The predicted octanol–water partition coefficient (Wildman–Crippen LogP) is 4.75. The molecule has 0 bridgehead atoms. The van der Waals surface area contributed by atoms with E-state index in [4.69, 9.17) is 0 Å². The van der Waals surface area contributed by atoms with Gasteiger partial charge in [0.1, 0.15) is 5.75 Å². The van der Waals surface area contributed by atoms with Gasteiger partial charge in [-0.15, -0.1) is 0 Å². The van der Waals surface area contributed by atoms with Crippen molar-refractivity contribution < 1.29 is 9.90 Å². The molecule has 1 rings (SSSR count). The predicted molar refractivity (Wildman–Crippen MR) is 92.1 cm³/mol. The Balaban J connectivity index is 2.32. The molecular weight excluding hydrogens is 274 g/mol. The third-order valence-electron chi connectivity index (χ3n) is 4.14. The molecule has 1 amide bonds. The van der Waals surface area contributed by atoms with Crippen molar-refractivity contribution in [2.45, 2.75) is 71.1 Å². The van der Waals surface area contributed by atoms with Crippen LogP contribution >= 0.6 is 0 Å². The van der Waals surface area contributed by atoms with Gasteiger partial charge in [-0.1, -0.05) is 51.7 Å². The second-order valence-corrected chi connectivity index (χ2v) is 5.98. The van der Waals surface area contributed by atoms with E-state index in [2.05, 4.69) is 24.4 Å². The van der Waals surface area contributed by atoms with Gasteiger partial charge >= 0.3 is 0 Å². The van der Waals surface area contributed by atoms with Crippen molar-refractivity contribution in [2.24, 2.45) is 0 Å². The normalized spacial score (nSPS) is 12.1. The van der Waals surface area contributed by atoms with E-state index >= 15 is 0 Å². The number of carbonyl (C=O) groups is 1. The Morgan fingerprint density at radius 1 is 1.05 bits per heavy atom. The second-order valence-electron chi connectivity index (χ2n) is 5.98. The van der Waals surface area contributed by atoms with Crippen LogP contribution in [0.1, 0.15) is 76.7 Å². The van der Waals surface area contributed by atoms with Gasteiger partial charge in [0.05, 0.1) is 0 Å². The molecule has 1 unspecified atom stereocenters. The smallest absolute Gasteiger partial charge is 0.219 e. The molecule has 0 aliphatic rings. The van der Waals surface area contributed by atoms with Gasteiger partial charge < -0.3 is 10.4 Å². The Kier molecular flexibility index (Phi) is 9.36. The first-order valence-corrected chi connectivity index (χ1v) is 8.73. The molecule has 0 radical (unpaired) electrons. The molecule has 0 aliphatic carbocycles. The number of carbonyl (C=O) groups excluding carboxylic acids is 1. The summed E-state index contributed by atoms with van der Waals surface area (Å²) >= 11 is 0. The monoisotopic (exact) mass is 305 g/mol. The highest BCUT2D eigenvalue weighted by Crippen LogP contribution is 2.29. The minimum atomic E-state index is 0.143. The first-order valence-electron chi connectivity index (χ1n) is 8.73. The minimum Gasteiger partial charge on any atom is -0.508 e. The fourth-order valence-electron chi connectivity index (χ4n) is 2.72. The number of hydrogen-bond donors (Lipinski definition) is 2. The molecule has 3 nitrogen and oxygen atoms in total.